The molecular formula is C20H32FN3O2. The number of ether oxygens (including phenoxy) is 1. The quantitative estimate of drug-likeness (QED) is 0.646. The van der Waals surface area contributed by atoms with Crippen LogP contribution in [0, 0.1) is 5.82 Å². The summed E-state index contributed by atoms with van der Waals surface area (Å²) in [4.78, 5) is 16.4. The van der Waals surface area contributed by atoms with E-state index in [0.29, 0.717) is 12.4 Å². The first-order valence-electron chi connectivity index (χ1n) is 9.82. The van der Waals surface area contributed by atoms with Crippen LogP contribution < -0.4 is 10.1 Å². The van der Waals surface area contributed by atoms with Crippen LogP contribution in [0.4, 0.5) is 9.18 Å². The second-order valence-corrected chi connectivity index (χ2v) is 6.78. The Morgan fingerprint density at radius 3 is 2.50 bits per heavy atom. The first-order chi connectivity index (χ1) is 12.7. The monoisotopic (exact) mass is 365 g/mol. The molecule has 0 aromatic heterocycles. The van der Waals surface area contributed by atoms with Gasteiger partial charge in [-0.2, -0.15) is 0 Å². The van der Waals surface area contributed by atoms with E-state index in [4.69, 9.17) is 4.74 Å². The fourth-order valence-electron chi connectivity index (χ4n) is 3.04. The van der Waals surface area contributed by atoms with Crippen LogP contribution >= 0.6 is 0 Å². The highest BCUT2D eigenvalue weighted by atomic mass is 19.1. The van der Waals surface area contributed by atoms with Crippen molar-refractivity contribution in [2.45, 2.75) is 39.0 Å². The zero-order valence-corrected chi connectivity index (χ0v) is 15.9. The summed E-state index contributed by atoms with van der Waals surface area (Å²) in [5.41, 5.74) is 0. The average molecular weight is 365 g/mol. The molecule has 2 rings (SSSR count). The average Bonchev–Trinajstić information content (AvgIpc) is 2.67. The molecule has 0 unspecified atom stereocenters. The zero-order valence-electron chi connectivity index (χ0n) is 15.9. The third-order valence-electron chi connectivity index (χ3n) is 4.67. The van der Waals surface area contributed by atoms with Crippen LogP contribution in [0.2, 0.25) is 0 Å². The Morgan fingerprint density at radius 1 is 1.08 bits per heavy atom. The number of urea groups is 1. The number of hydrogen-bond acceptors (Lipinski definition) is 3. The molecule has 6 heteroatoms. The molecule has 26 heavy (non-hydrogen) atoms. The van der Waals surface area contributed by atoms with Gasteiger partial charge in [0.25, 0.3) is 0 Å². The van der Waals surface area contributed by atoms with Gasteiger partial charge >= 0.3 is 6.03 Å². The molecule has 1 aromatic carbocycles. The van der Waals surface area contributed by atoms with Crippen LogP contribution in [0.1, 0.15) is 39.0 Å². The Balaban J connectivity index is 1.52. The molecule has 0 bridgehead atoms. The molecule has 1 heterocycles. The molecule has 0 aliphatic carbocycles. The van der Waals surface area contributed by atoms with Crippen molar-refractivity contribution in [2.75, 3.05) is 45.9 Å². The second kappa shape index (κ2) is 11.7. The van der Waals surface area contributed by atoms with Crippen molar-refractivity contribution in [3.05, 3.63) is 30.1 Å². The van der Waals surface area contributed by atoms with E-state index < -0.39 is 0 Å². The van der Waals surface area contributed by atoms with Gasteiger partial charge in [-0.1, -0.05) is 26.2 Å². The van der Waals surface area contributed by atoms with E-state index in [1.54, 1.807) is 12.1 Å². The minimum atomic E-state index is -0.250. The van der Waals surface area contributed by atoms with Gasteiger partial charge in [-0.25, -0.2) is 9.18 Å². The Hall–Kier alpha value is -1.82. The third-order valence-corrected chi connectivity index (χ3v) is 4.67. The number of carbonyl (C=O) groups is 1. The summed E-state index contributed by atoms with van der Waals surface area (Å²) >= 11 is 0. The molecular weight excluding hydrogens is 333 g/mol. The summed E-state index contributed by atoms with van der Waals surface area (Å²) in [5, 5.41) is 3.02. The van der Waals surface area contributed by atoms with Crippen molar-refractivity contribution in [1.29, 1.82) is 0 Å². The molecule has 1 aliphatic rings. The summed E-state index contributed by atoms with van der Waals surface area (Å²) in [6.45, 7) is 7.89. The molecule has 146 valence electrons. The smallest absolute Gasteiger partial charge is 0.317 e. The molecule has 1 N–H and O–H groups in total. The molecule has 1 fully saturated rings. The Kier molecular flexibility index (Phi) is 9.24. The summed E-state index contributed by atoms with van der Waals surface area (Å²) in [6.07, 6.45) is 5.61. The van der Waals surface area contributed by atoms with E-state index in [2.05, 4.69) is 17.1 Å². The molecule has 0 atom stereocenters. The topological polar surface area (TPSA) is 44.8 Å². The minimum Gasteiger partial charge on any atom is -0.494 e. The number of unbranched alkanes of at least 4 members (excludes halogenated alkanes) is 3. The Morgan fingerprint density at radius 2 is 1.81 bits per heavy atom. The van der Waals surface area contributed by atoms with Gasteiger partial charge in [-0.3, -0.25) is 4.90 Å². The molecule has 1 saturated heterocycles. The van der Waals surface area contributed by atoms with Crippen molar-refractivity contribution < 1.29 is 13.9 Å². The number of hydrogen-bond donors (Lipinski definition) is 1. The van der Waals surface area contributed by atoms with Crippen LogP contribution in [-0.4, -0.2) is 61.7 Å². The van der Waals surface area contributed by atoms with E-state index in [9.17, 15) is 9.18 Å². The first-order valence-corrected chi connectivity index (χ1v) is 9.82. The van der Waals surface area contributed by atoms with E-state index >= 15 is 0 Å². The first kappa shape index (κ1) is 20.5. The highest BCUT2D eigenvalue weighted by molar-refractivity contribution is 5.74. The van der Waals surface area contributed by atoms with Gasteiger partial charge in [0.05, 0.1) is 6.61 Å². The van der Waals surface area contributed by atoms with Gasteiger partial charge in [-0.05, 0) is 37.1 Å². The number of carbonyl (C=O) groups excluding carboxylic acids is 1. The molecule has 0 radical (unpaired) electrons. The number of piperazine rings is 1. The highest BCUT2D eigenvalue weighted by Gasteiger charge is 2.20. The molecule has 1 aromatic rings. The Labute approximate surface area is 156 Å². The number of benzene rings is 1. The molecule has 0 spiro atoms. The van der Waals surface area contributed by atoms with Gasteiger partial charge in [0, 0.05) is 39.3 Å². The SMILES string of the molecule is CCCCCCNC(=O)N1CCN(CCCOc2ccc(F)cc2)CC1. The lowest BCUT2D eigenvalue weighted by Gasteiger charge is -2.34. The lowest BCUT2D eigenvalue weighted by molar-refractivity contribution is 0.134. The summed E-state index contributed by atoms with van der Waals surface area (Å²) < 4.78 is 18.4. The van der Waals surface area contributed by atoms with Gasteiger partial charge in [0.15, 0.2) is 0 Å². The fraction of sp³-hybridized carbons (Fsp3) is 0.650. The van der Waals surface area contributed by atoms with E-state index in [-0.39, 0.29) is 11.8 Å². The molecule has 1 aliphatic heterocycles. The van der Waals surface area contributed by atoms with Crippen LogP contribution in [0.15, 0.2) is 24.3 Å². The molecule has 2 amide bonds. The van der Waals surface area contributed by atoms with Gasteiger partial charge in [0.2, 0.25) is 0 Å². The van der Waals surface area contributed by atoms with E-state index in [1.807, 2.05) is 4.90 Å². The maximum absolute atomic E-state index is 12.8. The van der Waals surface area contributed by atoms with Crippen LogP contribution in [0.3, 0.4) is 0 Å². The third kappa shape index (κ3) is 7.60. The summed E-state index contributed by atoms with van der Waals surface area (Å²) in [7, 11) is 0. The Bertz CT molecular complexity index is 516. The van der Waals surface area contributed by atoms with Crippen molar-refractivity contribution in [1.82, 2.24) is 15.1 Å². The van der Waals surface area contributed by atoms with Gasteiger partial charge in [-0.15, -0.1) is 0 Å². The highest BCUT2D eigenvalue weighted by Crippen LogP contribution is 2.11. The number of nitrogens with one attached hydrogen (secondary N) is 1. The molecule has 0 saturated carbocycles. The predicted octanol–water partition coefficient (Wildman–Crippen LogP) is 3.50. The lowest BCUT2D eigenvalue weighted by Crippen LogP contribution is -2.52. The van der Waals surface area contributed by atoms with Crippen molar-refractivity contribution in [2.24, 2.45) is 0 Å². The summed E-state index contributed by atoms with van der Waals surface area (Å²) in [6, 6.07) is 6.18. The zero-order chi connectivity index (χ0) is 18.6. The van der Waals surface area contributed by atoms with E-state index in [1.165, 1.54) is 31.4 Å². The predicted molar refractivity (Wildman–Crippen MR) is 102 cm³/mol. The van der Waals surface area contributed by atoms with Gasteiger partial charge < -0.3 is 15.0 Å². The lowest BCUT2D eigenvalue weighted by atomic mass is 10.2. The largest absolute Gasteiger partial charge is 0.494 e. The van der Waals surface area contributed by atoms with Crippen LogP contribution in [-0.2, 0) is 0 Å². The van der Waals surface area contributed by atoms with Crippen LogP contribution in [0.5, 0.6) is 5.75 Å². The molecule has 5 nitrogen and oxygen atoms in total. The number of nitrogens with zero attached hydrogens (tertiary/aromatic N) is 2. The minimum absolute atomic E-state index is 0.0702. The standard InChI is InChI=1S/C20H32FN3O2/c1-2-3-4-5-11-22-20(25)24-15-13-23(14-16-24)12-6-17-26-19-9-7-18(21)8-10-19/h7-10H,2-6,11-17H2,1H3,(H,22,25). The van der Waals surface area contributed by atoms with Crippen molar-refractivity contribution >= 4 is 6.03 Å². The maximum Gasteiger partial charge on any atom is 0.317 e. The van der Waals surface area contributed by atoms with E-state index in [0.717, 1.165) is 52.1 Å². The van der Waals surface area contributed by atoms with Gasteiger partial charge in [0.1, 0.15) is 11.6 Å². The number of amides is 2. The normalized spacial score (nSPS) is 15.1. The van der Waals surface area contributed by atoms with Crippen LogP contribution in [0.25, 0.3) is 0 Å². The summed E-state index contributed by atoms with van der Waals surface area (Å²) in [5.74, 6) is 0.451. The maximum atomic E-state index is 12.8. The number of halogens is 1. The fourth-order valence-corrected chi connectivity index (χ4v) is 3.04. The van der Waals surface area contributed by atoms with Crippen molar-refractivity contribution in [3.63, 3.8) is 0 Å². The number of rotatable bonds is 10. The van der Waals surface area contributed by atoms with Crippen molar-refractivity contribution in [3.8, 4) is 5.75 Å². The second-order valence-electron chi connectivity index (χ2n) is 6.78.